The highest BCUT2D eigenvalue weighted by Gasteiger charge is 2.43. The Hall–Kier alpha value is -0.820. The van der Waals surface area contributed by atoms with Crippen LogP contribution in [0.2, 0.25) is 0 Å². The Morgan fingerprint density at radius 3 is 2.38 bits per heavy atom. The van der Waals surface area contributed by atoms with Crippen LogP contribution in [-0.4, -0.2) is 49.8 Å². The summed E-state index contributed by atoms with van der Waals surface area (Å²) in [7, 11) is 0. The fourth-order valence-corrected chi connectivity index (χ4v) is 2.75. The van der Waals surface area contributed by atoms with Crippen LogP contribution in [0.3, 0.4) is 0 Å². The van der Waals surface area contributed by atoms with Gasteiger partial charge in [-0.05, 0) is 31.6 Å². The van der Waals surface area contributed by atoms with E-state index in [0.717, 1.165) is 12.8 Å². The molecule has 0 atom stereocenters. The van der Waals surface area contributed by atoms with Gasteiger partial charge in [0.25, 0.3) is 0 Å². The van der Waals surface area contributed by atoms with Crippen molar-refractivity contribution in [2.75, 3.05) is 32.8 Å². The molecular formula is C14H23F3N2O2. The van der Waals surface area contributed by atoms with Crippen LogP contribution in [0.15, 0.2) is 0 Å². The third-order valence-electron chi connectivity index (χ3n) is 4.42. The molecule has 1 saturated heterocycles. The van der Waals surface area contributed by atoms with Crippen molar-refractivity contribution in [3.63, 3.8) is 0 Å². The summed E-state index contributed by atoms with van der Waals surface area (Å²) in [6, 6.07) is 0. The standard InChI is InChI=1S/C14H23F3N2O2/c15-14(16,17)3-6-19(9-11-1-2-11)12(20)13(10-18)4-7-21-8-5-13/h11H,1-10,18H2. The summed E-state index contributed by atoms with van der Waals surface area (Å²) < 4.78 is 42.7. The molecule has 4 nitrogen and oxygen atoms in total. The van der Waals surface area contributed by atoms with Crippen LogP contribution in [0, 0.1) is 11.3 Å². The lowest BCUT2D eigenvalue weighted by Gasteiger charge is -2.39. The number of alkyl halides is 3. The van der Waals surface area contributed by atoms with Gasteiger partial charge >= 0.3 is 6.18 Å². The predicted molar refractivity (Wildman–Crippen MR) is 71.5 cm³/mol. The van der Waals surface area contributed by atoms with Gasteiger partial charge in [-0.3, -0.25) is 4.79 Å². The van der Waals surface area contributed by atoms with E-state index in [0.29, 0.717) is 38.5 Å². The average Bonchev–Trinajstić information content (AvgIpc) is 3.26. The zero-order valence-electron chi connectivity index (χ0n) is 12.1. The average molecular weight is 308 g/mol. The third kappa shape index (κ3) is 4.57. The lowest BCUT2D eigenvalue weighted by Crippen LogP contribution is -2.52. The highest BCUT2D eigenvalue weighted by atomic mass is 19.4. The molecule has 1 saturated carbocycles. The molecule has 0 aromatic heterocycles. The number of carbonyl (C=O) groups excluding carboxylic acids is 1. The van der Waals surface area contributed by atoms with Crippen LogP contribution >= 0.6 is 0 Å². The lowest BCUT2D eigenvalue weighted by atomic mass is 9.78. The topological polar surface area (TPSA) is 55.6 Å². The molecule has 1 aliphatic heterocycles. The van der Waals surface area contributed by atoms with Gasteiger partial charge in [0.2, 0.25) is 5.91 Å². The van der Waals surface area contributed by atoms with Crippen molar-refractivity contribution in [3.8, 4) is 0 Å². The first-order chi connectivity index (χ1) is 9.86. The quantitative estimate of drug-likeness (QED) is 0.816. The van der Waals surface area contributed by atoms with Crippen LogP contribution in [0.25, 0.3) is 0 Å². The van der Waals surface area contributed by atoms with Crippen molar-refractivity contribution < 1.29 is 22.7 Å². The molecule has 1 heterocycles. The molecule has 2 N–H and O–H groups in total. The Bertz CT molecular complexity index is 364. The van der Waals surface area contributed by atoms with E-state index in [1.54, 1.807) is 0 Å². The number of carbonyl (C=O) groups is 1. The molecule has 2 fully saturated rings. The lowest BCUT2D eigenvalue weighted by molar-refractivity contribution is -0.155. The second-order valence-electron chi connectivity index (χ2n) is 6.16. The van der Waals surface area contributed by atoms with E-state index in [2.05, 4.69) is 0 Å². The first-order valence-corrected chi connectivity index (χ1v) is 7.50. The monoisotopic (exact) mass is 308 g/mol. The molecule has 0 aromatic carbocycles. The summed E-state index contributed by atoms with van der Waals surface area (Å²) in [5.74, 6) is 0.140. The maximum absolute atomic E-state index is 12.8. The maximum atomic E-state index is 12.8. The van der Waals surface area contributed by atoms with Crippen molar-refractivity contribution in [2.45, 2.75) is 38.3 Å². The minimum absolute atomic E-state index is 0.169. The van der Waals surface area contributed by atoms with Crippen LogP contribution in [0.1, 0.15) is 32.1 Å². The first kappa shape index (κ1) is 16.5. The molecule has 1 amide bonds. The molecule has 21 heavy (non-hydrogen) atoms. The van der Waals surface area contributed by atoms with E-state index >= 15 is 0 Å². The minimum atomic E-state index is -4.24. The Balaban J connectivity index is 2.04. The Morgan fingerprint density at radius 2 is 1.90 bits per heavy atom. The molecule has 2 aliphatic rings. The Labute approximate surface area is 122 Å². The number of ether oxygens (including phenoxy) is 1. The number of rotatable bonds is 6. The van der Waals surface area contributed by atoms with Gasteiger partial charge < -0.3 is 15.4 Å². The third-order valence-corrected chi connectivity index (χ3v) is 4.42. The minimum Gasteiger partial charge on any atom is -0.381 e. The van der Waals surface area contributed by atoms with E-state index in [1.165, 1.54) is 4.90 Å². The summed E-state index contributed by atoms with van der Waals surface area (Å²) in [5, 5.41) is 0. The van der Waals surface area contributed by atoms with Crippen molar-refractivity contribution >= 4 is 5.91 Å². The smallest absolute Gasteiger partial charge is 0.381 e. The molecule has 0 spiro atoms. The van der Waals surface area contributed by atoms with Gasteiger partial charge in [-0.25, -0.2) is 0 Å². The molecule has 0 bridgehead atoms. The van der Waals surface area contributed by atoms with E-state index in [-0.39, 0.29) is 19.0 Å². The van der Waals surface area contributed by atoms with Crippen molar-refractivity contribution in [2.24, 2.45) is 17.1 Å². The van der Waals surface area contributed by atoms with Gasteiger partial charge in [-0.1, -0.05) is 0 Å². The fraction of sp³-hybridized carbons (Fsp3) is 0.929. The molecular weight excluding hydrogens is 285 g/mol. The van der Waals surface area contributed by atoms with E-state index < -0.39 is 18.0 Å². The summed E-state index contributed by atoms with van der Waals surface area (Å²) >= 11 is 0. The summed E-state index contributed by atoms with van der Waals surface area (Å²) in [4.78, 5) is 14.1. The molecule has 122 valence electrons. The summed E-state index contributed by atoms with van der Waals surface area (Å²) in [6.45, 7) is 1.22. The normalized spacial score (nSPS) is 22.1. The van der Waals surface area contributed by atoms with Gasteiger partial charge in [0, 0.05) is 32.8 Å². The van der Waals surface area contributed by atoms with Crippen molar-refractivity contribution in [1.29, 1.82) is 0 Å². The Morgan fingerprint density at radius 1 is 1.29 bits per heavy atom. The second-order valence-corrected chi connectivity index (χ2v) is 6.16. The number of nitrogens with two attached hydrogens (primary N) is 1. The van der Waals surface area contributed by atoms with Crippen molar-refractivity contribution in [1.82, 2.24) is 4.90 Å². The number of amides is 1. The molecule has 2 rings (SSSR count). The largest absolute Gasteiger partial charge is 0.390 e. The summed E-state index contributed by atoms with van der Waals surface area (Å²) in [6.07, 6.45) is -2.22. The number of hydrogen-bond donors (Lipinski definition) is 1. The molecule has 7 heteroatoms. The second kappa shape index (κ2) is 6.52. The molecule has 0 radical (unpaired) electrons. The van der Waals surface area contributed by atoms with Crippen molar-refractivity contribution in [3.05, 3.63) is 0 Å². The molecule has 0 unspecified atom stereocenters. The summed E-state index contributed by atoms with van der Waals surface area (Å²) in [5.41, 5.74) is 5.04. The van der Waals surface area contributed by atoms with Gasteiger partial charge in [0.15, 0.2) is 0 Å². The van der Waals surface area contributed by atoms with Gasteiger partial charge in [0.1, 0.15) is 0 Å². The van der Waals surface area contributed by atoms with E-state index in [1.807, 2.05) is 0 Å². The predicted octanol–water partition coefficient (Wildman–Crippen LogP) is 1.93. The molecule has 1 aliphatic carbocycles. The SMILES string of the molecule is NCC1(C(=O)N(CCC(F)(F)F)CC2CC2)CCOCC1. The number of halogens is 3. The first-order valence-electron chi connectivity index (χ1n) is 7.50. The van der Waals surface area contributed by atoms with Crippen LogP contribution < -0.4 is 5.73 Å². The zero-order valence-corrected chi connectivity index (χ0v) is 12.1. The van der Waals surface area contributed by atoms with Crippen LogP contribution in [0.5, 0.6) is 0 Å². The fourth-order valence-electron chi connectivity index (χ4n) is 2.75. The van der Waals surface area contributed by atoms with Gasteiger partial charge in [-0.15, -0.1) is 0 Å². The Kier molecular flexibility index (Phi) is 5.14. The number of nitrogens with zero attached hydrogens (tertiary/aromatic N) is 1. The van der Waals surface area contributed by atoms with Crippen LogP contribution in [-0.2, 0) is 9.53 Å². The van der Waals surface area contributed by atoms with E-state index in [4.69, 9.17) is 10.5 Å². The number of hydrogen-bond acceptors (Lipinski definition) is 3. The van der Waals surface area contributed by atoms with E-state index in [9.17, 15) is 18.0 Å². The molecule has 0 aromatic rings. The zero-order chi connectivity index (χ0) is 15.5. The van der Waals surface area contributed by atoms with Gasteiger partial charge in [-0.2, -0.15) is 13.2 Å². The van der Waals surface area contributed by atoms with Gasteiger partial charge in [0.05, 0.1) is 11.8 Å². The maximum Gasteiger partial charge on any atom is 0.390 e. The highest BCUT2D eigenvalue weighted by molar-refractivity contribution is 5.83. The van der Waals surface area contributed by atoms with Crippen LogP contribution in [0.4, 0.5) is 13.2 Å². The highest BCUT2D eigenvalue weighted by Crippen LogP contribution is 2.35.